The molecule has 0 fully saturated rings. The maximum Gasteiger partial charge on any atom is 0.335 e. The summed E-state index contributed by atoms with van der Waals surface area (Å²) in [6.45, 7) is 1.86. The molecule has 0 atom stereocenters. The predicted molar refractivity (Wildman–Crippen MR) is 97.0 cm³/mol. The highest BCUT2D eigenvalue weighted by Crippen LogP contribution is 2.38. The number of rotatable bonds is 2. The van der Waals surface area contributed by atoms with Crippen LogP contribution in [0.1, 0.15) is 16.2 Å². The first kappa shape index (κ1) is 15.4. The Hall–Kier alpha value is -3.12. The molecule has 6 nitrogen and oxygen atoms in total. The molecule has 25 heavy (non-hydrogen) atoms. The van der Waals surface area contributed by atoms with Gasteiger partial charge in [0.2, 0.25) is 0 Å². The quantitative estimate of drug-likeness (QED) is 0.572. The Kier molecular flexibility index (Phi) is 3.36. The Bertz CT molecular complexity index is 1150. The number of carboxylic acids is 1. The highest BCUT2D eigenvalue weighted by Gasteiger charge is 2.18. The number of carboxylic acid groups (broad SMARTS) is 1. The summed E-state index contributed by atoms with van der Waals surface area (Å²) < 4.78 is 1.89. The Morgan fingerprint density at radius 1 is 1.16 bits per heavy atom. The van der Waals surface area contributed by atoms with E-state index < -0.39 is 5.97 Å². The number of aryl methyl sites for hydroxylation is 1. The van der Waals surface area contributed by atoms with E-state index in [1.807, 2.05) is 23.5 Å². The van der Waals surface area contributed by atoms with Gasteiger partial charge in [-0.05, 0) is 42.8 Å². The van der Waals surface area contributed by atoms with Gasteiger partial charge in [0.15, 0.2) is 5.65 Å². The molecule has 0 aliphatic carbocycles. The van der Waals surface area contributed by atoms with Gasteiger partial charge in [-0.15, -0.1) is 10.2 Å². The minimum atomic E-state index is -0.976. The predicted octanol–water partition coefficient (Wildman–Crippen LogP) is 3.79. The highest BCUT2D eigenvalue weighted by atomic mass is 35.5. The first-order chi connectivity index (χ1) is 12.0. The molecule has 4 aromatic rings. The molecule has 2 heterocycles. The molecule has 0 radical (unpaired) electrons. The lowest BCUT2D eigenvalue weighted by Gasteiger charge is -2.14. The van der Waals surface area contributed by atoms with Crippen LogP contribution in [-0.2, 0) is 0 Å². The van der Waals surface area contributed by atoms with Crippen molar-refractivity contribution in [3.05, 3.63) is 58.9 Å². The second-order valence-electron chi connectivity index (χ2n) is 5.74. The lowest BCUT2D eigenvalue weighted by Crippen LogP contribution is -2.01. The van der Waals surface area contributed by atoms with Crippen molar-refractivity contribution in [3.63, 3.8) is 0 Å². The number of aromatic nitrogens is 3. The first-order valence-corrected chi connectivity index (χ1v) is 7.91. The van der Waals surface area contributed by atoms with Crippen molar-refractivity contribution in [1.29, 1.82) is 0 Å². The van der Waals surface area contributed by atoms with Gasteiger partial charge in [0.05, 0.1) is 16.8 Å². The van der Waals surface area contributed by atoms with Crippen molar-refractivity contribution in [2.45, 2.75) is 6.92 Å². The fraction of sp³-hybridized carbons (Fsp3) is 0.0556. The van der Waals surface area contributed by atoms with Crippen molar-refractivity contribution in [2.75, 3.05) is 5.73 Å². The summed E-state index contributed by atoms with van der Waals surface area (Å²) in [5, 5.41) is 18.8. The van der Waals surface area contributed by atoms with Crippen LogP contribution in [0.2, 0.25) is 5.02 Å². The second kappa shape index (κ2) is 5.46. The topological polar surface area (TPSA) is 93.5 Å². The van der Waals surface area contributed by atoms with Gasteiger partial charge in [-0.2, -0.15) is 0 Å². The number of hydrogen-bond acceptors (Lipinski definition) is 4. The van der Waals surface area contributed by atoms with Crippen LogP contribution in [0.25, 0.3) is 27.7 Å². The third kappa shape index (κ3) is 2.30. The summed E-state index contributed by atoms with van der Waals surface area (Å²) in [5.74, 6) is -0.252. The summed E-state index contributed by atoms with van der Waals surface area (Å²) in [7, 11) is 0. The Labute approximate surface area is 147 Å². The molecular weight excluding hydrogens is 340 g/mol. The number of nitrogen functional groups attached to an aromatic ring is 1. The van der Waals surface area contributed by atoms with Crippen LogP contribution in [0.3, 0.4) is 0 Å². The number of fused-ring (bicyclic) bond motifs is 3. The van der Waals surface area contributed by atoms with Gasteiger partial charge < -0.3 is 10.8 Å². The zero-order chi connectivity index (χ0) is 17.7. The third-order valence-electron chi connectivity index (χ3n) is 4.22. The van der Waals surface area contributed by atoms with Gasteiger partial charge in [-0.3, -0.25) is 4.40 Å². The third-order valence-corrected chi connectivity index (χ3v) is 4.46. The van der Waals surface area contributed by atoms with Gasteiger partial charge >= 0.3 is 5.97 Å². The molecule has 7 heteroatoms. The molecule has 2 aromatic heterocycles. The molecule has 0 bridgehead atoms. The van der Waals surface area contributed by atoms with E-state index in [-0.39, 0.29) is 5.56 Å². The zero-order valence-electron chi connectivity index (χ0n) is 13.2. The first-order valence-electron chi connectivity index (χ1n) is 7.53. The lowest BCUT2D eigenvalue weighted by atomic mass is 9.98. The maximum absolute atomic E-state index is 11.1. The highest BCUT2D eigenvalue weighted by molar-refractivity contribution is 6.31. The molecular formula is C18H13ClN4O2. The molecule has 0 amide bonds. The van der Waals surface area contributed by atoms with E-state index in [9.17, 15) is 4.79 Å². The molecule has 0 saturated carbocycles. The van der Waals surface area contributed by atoms with Crippen LogP contribution in [-0.4, -0.2) is 25.7 Å². The van der Waals surface area contributed by atoms with E-state index in [2.05, 4.69) is 10.2 Å². The monoisotopic (exact) mass is 352 g/mol. The molecule has 0 unspecified atom stereocenters. The Balaban J connectivity index is 2.12. The van der Waals surface area contributed by atoms with Crippen molar-refractivity contribution in [1.82, 2.24) is 14.6 Å². The minimum Gasteiger partial charge on any atom is -0.478 e. The zero-order valence-corrected chi connectivity index (χ0v) is 13.9. The maximum atomic E-state index is 11.1. The molecule has 0 saturated heterocycles. The normalized spacial score (nSPS) is 11.3. The van der Waals surface area contributed by atoms with Gasteiger partial charge in [0, 0.05) is 16.0 Å². The van der Waals surface area contributed by atoms with E-state index in [4.69, 9.17) is 22.4 Å². The standard InChI is InChI=1S/C18H13ClN4O2/c1-9-21-22-17-16(20)15(10-2-4-11(5-3-10)18(24)25)13-8-12(19)6-7-14(13)23(9)17/h2-8H,20H2,1H3,(H,24,25). The smallest absolute Gasteiger partial charge is 0.335 e. The number of carbonyl (C=O) groups is 1. The summed E-state index contributed by atoms with van der Waals surface area (Å²) in [4.78, 5) is 11.1. The summed E-state index contributed by atoms with van der Waals surface area (Å²) in [6.07, 6.45) is 0. The van der Waals surface area contributed by atoms with Gasteiger partial charge in [0.25, 0.3) is 0 Å². The molecule has 0 aliphatic rings. The van der Waals surface area contributed by atoms with Crippen LogP contribution < -0.4 is 5.73 Å². The summed E-state index contributed by atoms with van der Waals surface area (Å²) >= 11 is 6.20. The number of benzene rings is 2. The van der Waals surface area contributed by atoms with Gasteiger partial charge in [0.1, 0.15) is 5.82 Å². The molecule has 3 N–H and O–H groups in total. The largest absolute Gasteiger partial charge is 0.478 e. The summed E-state index contributed by atoms with van der Waals surface area (Å²) in [6, 6.07) is 12.1. The van der Waals surface area contributed by atoms with Gasteiger partial charge in [-0.1, -0.05) is 23.7 Å². The van der Waals surface area contributed by atoms with Crippen LogP contribution in [0.5, 0.6) is 0 Å². The van der Waals surface area contributed by atoms with Crippen LogP contribution in [0, 0.1) is 6.92 Å². The summed E-state index contributed by atoms with van der Waals surface area (Å²) in [5.41, 5.74) is 10.1. The molecule has 124 valence electrons. The van der Waals surface area contributed by atoms with E-state index in [0.29, 0.717) is 16.4 Å². The van der Waals surface area contributed by atoms with Crippen LogP contribution in [0.4, 0.5) is 5.69 Å². The number of nitrogens with zero attached hydrogens (tertiary/aromatic N) is 3. The van der Waals surface area contributed by atoms with Crippen LogP contribution in [0.15, 0.2) is 42.5 Å². The van der Waals surface area contributed by atoms with Crippen LogP contribution >= 0.6 is 11.6 Å². The van der Waals surface area contributed by atoms with E-state index in [1.165, 1.54) is 0 Å². The number of nitrogens with two attached hydrogens (primary N) is 1. The number of halogens is 1. The number of hydrogen-bond donors (Lipinski definition) is 2. The van der Waals surface area contributed by atoms with Crippen molar-refractivity contribution < 1.29 is 9.90 Å². The van der Waals surface area contributed by atoms with Crippen molar-refractivity contribution in [3.8, 4) is 11.1 Å². The molecule has 2 aromatic carbocycles. The Morgan fingerprint density at radius 3 is 2.56 bits per heavy atom. The van der Waals surface area contributed by atoms with E-state index >= 15 is 0 Å². The lowest BCUT2D eigenvalue weighted by molar-refractivity contribution is 0.0697. The van der Waals surface area contributed by atoms with E-state index in [1.54, 1.807) is 30.3 Å². The number of pyridine rings is 1. The van der Waals surface area contributed by atoms with Crippen molar-refractivity contribution in [2.24, 2.45) is 0 Å². The molecule has 0 aliphatic heterocycles. The number of anilines is 1. The second-order valence-corrected chi connectivity index (χ2v) is 6.18. The fourth-order valence-corrected chi connectivity index (χ4v) is 3.25. The van der Waals surface area contributed by atoms with E-state index in [0.717, 1.165) is 27.9 Å². The number of aromatic carboxylic acids is 1. The van der Waals surface area contributed by atoms with Gasteiger partial charge in [-0.25, -0.2) is 4.79 Å². The molecule has 4 rings (SSSR count). The fourth-order valence-electron chi connectivity index (χ4n) is 3.08. The van der Waals surface area contributed by atoms with Crippen molar-refractivity contribution >= 4 is 39.8 Å². The minimum absolute atomic E-state index is 0.212. The Morgan fingerprint density at radius 2 is 1.88 bits per heavy atom. The molecule has 0 spiro atoms. The average molecular weight is 353 g/mol. The SMILES string of the molecule is Cc1nnc2c(N)c(-c3ccc(C(=O)O)cc3)c3cc(Cl)ccc3n12. The average Bonchev–Trinajstić information content (AvgIpc) is 2.98.